The van der Waals surface area contributed by atoms with E-state index in [2.05, 4.69) is 10.6 Å². The standard InChI is InChI=1S/C29H37F2N3O6/c1-18-20(12-8-13-22(18)35)25(37)33-21(16-19-10-6-5-7-11-19)23(36)27(39)34-17-29(30,31)28(2,3)24(34)26(38)32-14-9-15-40-4/h5-8,10-13,21,23-24,35-36H,9,14-17H2,1-4H3,(H,32,38)(H,33,37)/t21-,23-,24+/m0/s1. The number of ether oxygens (including phenoxy) is 1. The van der Waals surface area contributed by atoms with Gasteiger partial charge in [-0.1, -0.05) is 50.2 Å². The Kier molecular flexibility index (Phi) is 9.86. The third kappa shape index (κ3) is 6.59. The second kappa shape index (κ2) is 12.7. The second-order valence-electron chi connectivity index (χ2n) is 10.6. The number of aliphatic hydroxyl groups is 1. The van der Waals surface area contributed by atoms with Gasteiger partial charge in [-0.25, -0.2) is 8.78 Å². The van der Waals surface area contributed by atoms with E-state index in [4.69, 9.17) is 4.74 Å². The number of methoxy groups -OCH3 is 1. The van der Waals surface area contributed by atoms with Crippen LogP contribution in [0, 0.1) is 12.3 Å². The largest absolute Gasteiger partial charge is 0.508 e. The molecular formula is C29H37F2N3O6. The highest BCUT2D eigenvalue weighted by Crippen LogP contribution is 2.48. The molecule has 9 nitrogen and oxygen atoms in total. The zero-order chi connectivity index (χ0) is 29.7. The van der Waals surface area contributed by atoms with Crippen LogP contribution in [0.2, 0.25) is 0 Å². The van der Waals surface area contributed by atoms with Gasteiger partial charge in [0.05, 0.1) is 18.0 Å². The second-order valence-corrected chi connectivity index (χ2v) is 10.6. The first-order valence-corrected chi connectivity index (χ1v) is 13.1. The predicted molar refractivity (Wildman–Crippen MR) is 144 cm³/mol. The van der Waals surface area contributed by atoms with E-state index in [9.17, 15) is 24.6 Å². The van der Waals surface area contributed by atoms with Crippen LogP contribution in [0.1, 0.15) is 41.8 Å². The average molecular weight is 562 g/mol. The number of carbonyl (C=O) groups is 3. The number of nitrogens with zero attached hydrogens (tertiary/aromatic N) is 1. The fourth-order valence-electron chi connectivity index (χ4n) is 4.87. The van der Waals surface area contributed by atoms with Crippen LogP contribution in [0.15, 0.2) is 48.5 Å². The van der Waals surface area contributed by atoms with Crippen LogP contribution < -0.4 is 10.6 Å². The molecule has 1 heterocycles. The van der Waals surface area contributed by atoms with Gasteiger partial charge in [0, 0.05) is 31.4 Å². The summed E-state index contributed by atoms with van der Waals surface area (Å²) in [5, 5.41) is 26.5. The van der Waals surface area contributed by atoms with Gasteiger partial charge in [-0.15, -0.1) is 0 Å². The first kappa shape index (κ1) is 31.0. The maximum atomic E-state index is 15.1. The maximum Gasteiger partial charge on any atom is 0.272 e. The van der Waals surface area contributed by atoms with Crippen molar-refractivity contribution in [3.05, 3.63) is 65.2 Å². The summed E-state index contributed by atoms with van der Waals surface area (Å²) in [4.78, 5) is 40.6. The summed E-state index contributed by atoms with van der Waals surface area (Å²) in [5.41, 5.74) is -0.831. The summed E-state index contributed by atoms with van der Waals surface area (Å²) in [7, 11) is 1.50. The van der Waals surface area contributed by atoms with Crippen LogP contribution in [-0.4, -0.2) is 83.8 Å². The van der Waals surface area contributed by atoms with Gasteiger partial charge in [-0.3, -0.25) is 14.4 Å². The Labute approximate surface area is 232 Å². The maximum absolute atomic E-state index is 15.1. The molecule has 0 bridgehead atoms. The number of alkyl halides is 2. The number of halogens is 2. The van der Waals surface area contributed by atoms with Crippen molar-refractivity contribution in [1.29, 1.82) is 0 Å². The molecule has 11 heteroatoms. The Balaban J connectivity index is 1.91. The Bertz CT molecular complexity index is 1210. The smallest absolute Gasteiger partial charge is 0.272 e. The monoisotopic (exact) mass is 561 g/mol. The molecule has 1 fully saturated rings. The first-order chi connectivity index (χ1) is 18.8. The Morgan fingerprint density at radius 2 is 1.80 bits per heavy atom. The summed E-state index contributed by atoms with van der Waals surface area (Å²) in [6.45, 7) is 3.41. The SMILES string of the molecule is COCCCNC(=O)[C@H]1N(C(=O)[C@@H](O)[C@H](Cc2ccccc2)NC(=O)c2cccc(O)c2C)CC(F)(F)C1(C)C. The number of amides is 3. The van der Waals surface area contributed by atoms with Crippen molar-refractivity contribution < 1.29 is 38.1 Å². The third-order valence-corrected chi connectivity index (χ3v) is 7.46. The van der Waals surface area contributed by atoms with Crippen molar-refractivity contribution in [3.63, 3.8) is 0 Å². The molecule has 3 rings (SSSR count). The van der Waals surface area contributed by atoms with Crippen LogP contribution >= 0.6 is 0 Å². The molecule has 0 spiro atoms. The molecule has 1 saturated heterocycles. The molecule has 0 unspecified atom stereocenters. The van der Waals surface area contributed by atoms with E-state index >= 15 is 8.78 Å². The first-order valence-electron chi connectivity index (χ1n) is 13.1. The number of carbonyl (C=O) groups excluding carboxylic acids is 3. The molecule has 3 amide bonds. The Morgan fingerprint density at radius 1 is 1.12 bits per heavy atom. The van der Waals surface area contributed by atoms with Crippen molar-refractivity contribution >= 4 is 17.7 Å². The molecule has 0 aliphatic carbocycles. The molecule has 2 aromatic rings. The number of aromatic hydroxyl groups is 1. The van der Waals surface area contributed by atoms with Gasteiger partial charge in [-0.05, 0) is 37.5 Å². The third-order valence-electron chi connectivity index (χ3n) is 7.46. The van der Waals surface area contributed by atoms with E-state index in [0.717, 1.165) is 0 Å². The summed E-state index contributed by atoms with van der Waals surface area (Å²) in [6, 6.07) is 10.3. The van der Waals surface area contributed by atoms with Crippen LogP contribution in [0.4, 0.5) is 8.78 Å². The van der Waals surface area contributed by atoms with E-state index in [0.29, 0.717) is 29.1 Å². The molecule has 1 aliphatic heterocycles. The number of phenols is 1. The highest BCUT2D eigenvalue weighted by Gasteiger charge is 2.64. The number of likely N-dealkylation sites (tertiary alicyclic amines) is 1. The molecule has 2 aromatic carbocycles. The van der Waals surface area contributed by atoms with Crippen LogP contribution in [0.3, 0.4) is 0 Å². The van der Waals surface area contributed by atoms with E-state index in [1.54, 1.807) is 37.3 Å². The minimum absolute atomic E-state index is 0.00113. The number of benzene rings is 2. The van der Waals surface area contributed by atoms with Gasteiger partial charge in [0.15, 0.2) is 6.10 Å². The molecule has 4 N–H and O–H groups in total. The minimum atomic E-state index is -3.42. The number of hydrogen-bond donors (Lipinski definition) is 4. The Hall–Kier alpha value is -3.57. The topological polar surface area (TPSA) is 128 Å². The predicted octanol–water partition coefficient (Wildman–Crippen LogP) is 2.43. The fourth-order valence-corrected chi connectivity index (χ4v) is 4.87. The van der Waals surface area contributed by atoms with Gasteiger partial charge in [0.2, 0.25) is 5.91 Å². The van der Waals surface area contributed by atoms with Crippen LogP contribution in [0.25, 0.3) is 0 Å². The fraction of sp³-hybridized carbons (Fsp3) is 0.483. The number of rotatable bonds is 11. The van der Waals surface area contributed by atoms with Crippen molar-refractivity contribution in [2.24, 2.45) is 5.41 Å². The molecular weight excluding hydrogens is 524 g/mol. The number of hydrogen-bond acceptors (Lipinski definition) is 6. The Morgan fingerprint density at radius 3 is 2.45 bits per heavy atom. The van der Waals surface area contributed by atoms with Gasteiger partial charge in [-0.2, -0.15) is 0 Å². The lowest BCUT2D eigenvalue weighted by Gasteiger charge is -2.34. The molecule has 3 atom stereocenters. The summed E-state index contributed by atoms with van der Waals surface area (Å²) in [5.74, 6) is -6.06. The van der Waals surface area contributed by atoms with E-state index < -0.39 is 53.8 Å². The summed E-state index contributed by atoms with van der Waals surface area (Å²) in [6.07, 6.45) is -1.50. The zero-order valence-electron chi connectivity index (χ0n) is 23.1. The lowest BCUT2D eigenvalue weighted by Crippen LogP contribution is -2.57. The zero-order valence-corrected chi connectivity index (χ0v) is 23.1. The van der Waals surface area contributed by atoms with Gasteiger partial charge >= 0.3 is 0 Å². The van der Waals surface area contributed by atoms with Crippen molar-refractivity contribution in [2.45, 2.75) is 57.7 Å². The highest BCUT2D eigenvalue weighted by molar-refractivity contribution is 5.97. The van der Waals surface area contributed by atoms with Crippen molar-refractivity contribution in [3.8, 4) is 5.75 Å². The quantitative estimate of drug-likeness (QED) is 0.312. The normalized spacial score (nSPS) is 19.1. The van der Waals surface area contributed by atoms with E-state index in [1.165, 1.54) is 39.2 Å². The van der Waals surface area contributed by atoms with Crippen molar-refractivity contribution in [1.82, 2.24) is 15.5 Å². The number of phenolic OH excluding ortho intramolecular Hbond substituents is 1. The molecule has 218 valence electrons. The van der Waals surface area contributed by atoms with Gasteiger partial charge in [0.25, 0.3) is 17.7 Å². The van der Waals surface area contributed by atoms with Gasteiger partial charge in [0.1, 0.15) is 11.8 Å². The molecule has 0 saturated carbocycles. The summed E-state index contributed by atoms with van der Waals surface area (Å²) < 4.78 is 35.2. The number of nitrogens with one attached hydrogen (secondary N) is 2. The molecule has 0 aromatic heterocycles. The van der Waals surface area contributed by atoms with Crippen LogP contribution in [-0.2, 0) is 20.7 Å². The highest BCUT2D eigenvalue weighted by atomic mass is 19.3. The minimum Gasteiger partial charge on any atom is -0.508 e. The average Bonchev–Trinajstić information content (AvgIpc) is 3.10. The van der Waals surface area contributed by atoms with Gasteiger partial charge < -0.3 is 30.5 Å². The lowest BCUT2D eigenvalue weighted by molar-refractivity contribution is -0.148. The molecule has 1 aliphatic rings. The summed E-state index contributed by atoms with van der Waals surface area (Å²) >= 11 is 0. The van der Waals surface area contributed by atoms with Crippen molar-refractivity contribution in [2.75, 3.05) is 26.8 Å². The molecule has 0 radical (unpaired) electrons. The van der Waals surface area contributed by atoms with E-state index in [1.807, 2.05) is 0 Å². The lowest BCUT2D eigenvalue weighted by atomic mass is 9.81. The molecule has 40 heavy (non-hydrogen) atoms. The van der Waals surface area contributed by atoms with Crippen LogP contribution in [0.5, 0.6) is 5.75 Å². The number of aliphatic hydroxyl groups excluding tert-OH is 1. The van der Waals surface area contributed by atoms with E-state index in [-0.39, 0.29) is 24.3 Å².